The molecule has 1 amide bonds. The van der Waals surface area contributed by atoms with Gasteiger partial charge in [-0.25, -0.2) is 9.37 Å². The Balaban J connectivity index is 1.27. The van der Waals surface area contributed by atoms with Gasteiger partial charge in [-0.2, -0.15) is 5.10 Å². The van der Waals surface area contributed by atoms with E-state index < -0.39 is 5.82 Å². The van der Waals surface area contributed by atoms with E-state index in [-0.39, 0.29) is 34.7 Å². The first-order valence-electron chi connectivity index (χ1n) is 13.0. The molecular weight excluding hydrogens is 483 g/mol. The standard InChI is InChI=1S/C29H27FN6O2/c1-34-26-23(14-32-34)29(38)36(16-17-9-11-35(15-17)28(37)18-2-3-18)27(33-26)22-6-4-20(13-24(22)30)19-5-7-25-21(12-19)8-10-31-25/h4-8,10,12-14,17-18,31H,2-3,9,11,15-16H2,1H3/t17-/m1/s1. The topological polar surface area (TPSA) is 88.8 Å². The summed E-state index contributed by atoms with van der Waals surface area (Å²) in [5, 5.41) is 5.66. The molecule has 1 aliphatic heterocycles. The van der Waals surface area contributed by atoms with Crippen molar-refractivity contribution in [3.63, 3.8) is 0 Å². The Morgan fingerprint density at radius 3 is 2.74 bits per heavy atom. The number of fused-ring (bicyclic) bond motifs is 2. The number of carbonyl (C=O) groups excluding carboxylic acids is 1. The molecule has 9 heteroatoms. The number of carbonyl (C=O) groups is 1. The number of nitrogens with zero attached hydrogens (tertiary/aromatic N) is 5. The predicted octanol–water partition coefficient (Wildman–Crippen LogP) is 4.34. The molecule has 4 heterocycles. The van der Waals surface area contributed by atoms with Crippen molar-refractivity contribution in [1.82, 2.24) is 29.2 Å². The van der Waals surface area contributed by atoms with E-state index in [0.29, 0.717) is 30.7 Å². The molecule has 0 spiro atoms. The zero-order chi connectivity index (χ0) is 26.0. The lowest BCUT2D eigenvalue weighted by Crippen LogP contribution is -2.32. The van der Waals surface area contributed by atoms with Gasteiger partial charge in [-0.15, -0.1) is 0 Å². The highest BCUT2D eigenvalue weighted by Crippen LogP contribution is 2.34. The average Bonchev–Trinajstić information content (AvgIpc) is 3.29. The SMILES string of the molecule is Cn1ncc2c(=O)n(C[C@@H]3CCN(C(=O)C4CC4)C3)c(-c3ccc(-c4ccc5[nH]ccc5c4)cc3F)nc21. The number of hydrogen-bond donors (Lipinski definition) is 1. The molecule has 7 rings (SSSR count). The molecule has 1 saturated heterocycles. The fraction of sp³-hybridized carbons (Fsp3) is 0.310. The van der Waals surface area contributed by atoms with Gasteiger partial charge in [-0.3, -0.25) is 18.8 Å². The number of benzene rings is 2. The molecule has 8 nitrogen and oxygen atoms in total. The molecule has 5 aromatic rings. The highest BCUT2D eigenvalue weighted by Gasteiger charge is 2.37. The zero-order valence-corrected chi connectivity index (χ0v) is 21.0. The van der Waals surface area contributed by atoms with E-state index in [1.165, 1.54) is 16.9 Å². The number of halogens is 1. The minimum atomic E-state index is -0.448. The monoisotopic (exact) mass is 510 g/mol. The normalized spacial score (nSPS) is 17.6. The number of rotatable bonds is 5. The highest BCUT2D eigenvalue weighted by molar-refractivity contribution is 5.85. The molecule has 1 saturated carbocycles. The second-order valence-electron chi connectivity index (χ2n) is 10.5. The number of H-pyrrole nitrogens is 1. The Morgan fingerprint density at radius 2 is 1.92 bits per heavy atom. The smallest absolute Gasteiger partial charge is 0.264 e. The molecule has 38 heavy (non-hydrogen) atoms. The maximum absolute atomic E-state index is 15.8. The first-order chi connectivity index (χ1) is 18.5. The molecule has 1 N–H and O–H groups in total. The fourth-order valence-corrected chi connectivity index (χ4v) is 5.63. The van der Waals surface area contributed by atoms with Crippen molar-refractivity contribution in [2.24, 2.45) is 18.9 Å². The van der Waals surface area contributed by atoms with Crippen molar-refractivity contribution in [2.75, 3.05) is 13.1 Å². The molecule has 2 aromatic carbocycles. The maximum atomic E-state index is 15.8. The van der Waals surface area contributed by atoms with E-state index in [0.717, 1.165) is 41.3 Å². The van der Waals surface area contributed by atoms with Gasteiger partial charge in [-0.05, 0) is 72.0 Å². The summed E-state index contributed by atoms with van der Waals surface area (Å²) in [6.07, 6.45) is 6.14. The molecule has 192 valence electrons. The van der Waals surface area contributed by atoms with Crippen LogP contribution >= 0.6 is 0 Å². The lowest BCUT2D eigenvalue weighted by Gasteiger charge is -2.19. The second kappa shape index (κ2) is 8.65. The van der Waals surface area contributed by atoms with Gasteiger partial charge in [0.05, 0.1) is 11.8 Å². The molecule has 0 bridgehead atoms. The van der Waals surface area contributed by atoms with Crippen LogP contribution < -0.4 is 5.56 Å². The maximum Gasteiger partial charge on any atom is 0.264 e. The largest absolute Gasteiger partial charge is 0.361 e. The van der Waals surface area contributed by atoms with Crippen molar-refractivity contribution >= 4 is 27.8 Å². The number of hydrogen-bond acceptors (Lipinski definition) is 4. The molecule has 1 atom stereocenters. The van der Waals surface area contributed by atoms with Crippen molar-refractivity contribution in [3.8, 4) is 22.5 Å². The second-order valence-corrected chi connectivity index (χ2v) is 10.5. The van der Waals surface area contributed by atoms with Gasteiger partial charge >= 0.3 is 0 Å². The lowest BCUT2D eigenvalue weighted by atomic mass is 10.0. The Kier molecular flexibility index (Phi) is 5.21. The first-order valence-corrected chi connectivity index (χ1v) is 13.0. The van der Waals surface area contributed by atoms with Crippen molar-refractivity contribution < 1.29 is 9.18 Å². The van der Waals surface area contributed by atoms with Gasteiger partial charge in [0, 0.05) is 44.3 Å². The van der Waals surface area contributed by atoms with Crippen LogP contribution in [-0.4, -0.2) is 48.2 Å². The van der Waals surface area contributed by atoms with Crippen LogP contribution in [0.1, 0.15) is 19.3 Å². The van der Waals surface area contributed by atoms with Crippen LogP contribution in [0.25, 0.3) is 44.5 Å². The molecular formula is C29H27FN6O2. The summed E-state index contributed by atoms with van der Waals surface area (Å²) in [4.78, 5) is 36.0. The summed E-state index contributed by atoms with van der Waals surface area (Å²) < 4.78 is 18.9. The van der Waals surface area contributed by atoms with Crippen LogP contribution in [0.4, 0.5) is 4.39 Å². The lowest BCUT2D eigenvalue weighted by molar-refractivity contribution is -0.131. The third-order valence-electron chi connectivity index (χ3n) is 7.91. The van der Waals surface area contributed by atoms with E-state index in [1.54, 1.807) is 17.7 Å². The van der Waals surface area contributed by atoms with E-state index in [4.69, 9.17) is 4.98 Å². The molecule has 2 fully saturated rings. The van der Waals surface area contributed by atoms with Crippen LogP contribution in [0, 0.1) is 17.7 Å². The number of aromatic nitrogens is 5. The van der Waals surface area contributed by atoms with Crippen molar-refractivity contribution in [1.29, 1.82) is 0 Å². The number of aromatic amines is 1. The summed E-state index contributed by atoms with van der Waals surface area (Å²) in [6, 6.07) is 13.0. The third kappa shape index (κ3) is 3.81. The Bertz CT molecular complexity index is 1780. The number of nitrogens with one attached hydrogen (secondary N) is 1. The average molecular weight is 511 g/mol. The van der Waals surface area contributed by atoms with Crippen molar-refractivity contribution in [2.45, 2.75) is 25.8 Å². The minimum absolute atomic E-state index is 0.0977. The van der Waals surface area contributed by atoms with Gasteiger partial charge in [-0.1, -0.05) is 12.1 Å². The molecule has 2 aliphatic rings. The van der Waals surface area contributed by atoms with E-state index in [9.17, 15) is 9.59 Å². The first kappa shape index (κ1) is 22.9. The molecule has 3 aromatic heterocycles. The summed E-state index contributed by atoms with van der Waals surface area (Å²) >= 11 is 0. The van der Waals surface area contributed by atoms with Gasteiger partial charge in [0.1, 0.15) is 17.0 Å². The molecule has 0 radical (unpaired) electrons. The van der Waals surface area contributed by atoms with E-state index in [2.05, 4.69) is 10.1 Å². The Hall–Kier alpha value is -4.27. The summed E-state index contributed by atoms with van der Waals surface area (Å²) in [6.45, 7) is 1.67. The van der Waals surface area contributed by atoms with Crippen LogP contribution in [0.15, 0.2) is 59.7 Å². The quantitative estimate of drug-likeness (QED) is 0.381. The summed E-state index contributed by atoms with van der Waals surface area (Å²) in [5.74, 6) is 0.325. The highest BCUT2D eigenvalue weighted by atomic mass is 19.1. The van der Waals surface area contributed by atoms with Crippen LogP contribution in [-0.2, 0) is 18.4 Å². The van der Waals surface area contributed by atoms with Gasteiger partial charge < -0.3 is 9.88 Å². The number of amides is 1. The van der Waals surface area contributed by atoms with Gasteiger partial charge in [0.25, 0.3) is 5.56 Å². The molecule has 1 aliphatic carbocycles. The van der Waals surface area contributed by atoms with Crippen LogP contribution in [0.5, 0.6) is 0 Å². The zero-order valence-electron chi connectivity index (χ0n) is 21.0. The minimum Gasteiger partial charge on any atom is -0.361 e. The number of aryl methyl sites for hydroxylation is 1. The summed E-state index contributed by atoms with van der Waals surface area (Å²) in [5.41, 5.74) is 3.11. The van der Waals surface area contributed by atoms with Crippen LogP contribution in [0.3, 0.4) is 0 Å². The van der Waals surface area contributed by atoms with Gasteiger partial charge in [0.2, 0.25) is 5.91 Å². The summed E-state index contributed by atoms with van der Waals surface area (Å²) in [7, 11) is 1.72. The van der Waals surface area contributed by atoms with E-state index >= 15 is 4.39 Å². The van der Waals surface area contributed by atoms with Gasteiger partial charge in [0.15, 0.2) is 5.65 Å². The third-order valence-corrected chi connectivity index (χ3v) is 7.91. The van der Waals surface area contributed by atoms with E-state index in [1.807, 2.05) is 41.4 Å². The fourth-order valence-electron chi connectivity index (χ4n) is 5.63. The predicted molar refractivity (Wildman–Crippen MR) is 143 cm³/mol. The number of likely N-dealkylation sites (tertiary alicyclic amines) is 1. The Morgan fingerprint density at radius 1 is 1.11 bits per heavy atom. The van der Waals surface area contributed by atoms with Crippen molar-refractivity contribution in [3.05, 3.63) is 71.0 Å². The van der Waals surface area contributed by atoms with Crippen LogP contribution in [0.2, 0.25) is 0 Å². The Labute approximate surface area is 217 Å². The molecule has 0 unspecified atom stereocenters.